The third kappa shape index (κ3) is 2.11. The van der Waals surface area contributed by atoms with Gasteiger partial charge < -0.3 is 10.2 Å². The molecule has 0 aromatic heterocycles. The zero-order chi connectivity index (χ0) is 9.84. The van der Waals surface area contributed by atoms with Crippen molar-refractivity contribution in [3.05, 3.63) is 28.8 Å². The minimum atomic E-state index is -0.476. The summed E-state index contributed by atoms with van der Waals surface area (Å²) in [6, 6.07) is 4.72. The number of hydrogen-bond acceptors (Lipinski definition) is 4. The maximum Gasteiger partial charge on any atom is 0.340 e. The van der Waals surface area contributed by atoms with Crippen LogP contribution in [0, 0.1) is 0 Å². The lowest BCUT2D eigenvalue weighted by Crippen LogP contribution is -2.12. The summed E-state index contributed by atoms with van der Waals surface area (Å²) >= 11 is 5.70. The maximum atomic E-state index is 11.2. The van der Waals surface area contributed by atoms with E-state index in [0.29, 0.717) is 16.3 Å². The van der Waals surface area contributed by atoms with E-state index in [0.717, 1.165) is 0 Å². The van der Waals surface area contributed by atoms with Crippen LogP contribution in [-0.2, 0) is 4.74 Å². The summed E-state index contributed by atoms with van der Waals surface area (Å²) < 4.78 is 4.54. The minimum absolute atomic E-state index is 0.317. The maximum absolute atomic E-state index is 11.2. The Kier molecular flexibility index (Phi) is 3.11. The number of rotatable bonds is 2. The Bertz CT molecular complexity index is 328. The summed E-state index contributed by atoms with van der Waals surface area (Å²) in [6.45, 7) is 0. The minimum Gasteiger partial charge on any atom is -0.465 e. The molecule has 0 aliphatic carbocycles. The lowest BCUT2D eigenvalue weighted by molar-refractivity contribution is 0.0602. The molecule has 13 heavy (non-hydrogen) atoms. The number of nitrogen functional groups attached to an aromatic ring is 1. The van der Waals surface area contributed by atoms with Crippen molar-refractivity contribution in [2.75, 3.05) is 12.5 Å². The molecule has 0 atom stereocenters. The third-order valence-electron chi connectivity index (χ3n) is 1.54. The molecule has 0 heterocycles. The number of benzene rings is 1. The molecule has 0 amide bonds. The summed E-state index contributed by atoms with van der Waals surface area (Å²) in [5, 5.41) is 0.458. The van der Waals surface area contributed by atoms with Gasteiger partial charge in [-0.05, 0) is 18.2 Å². The number of esters is 1. The molecule has 3 N–H and O–H groups in total. The van der Waals surface area contributed by atoms with Gasteiger partial charge >= 0.3 is 5.97 Å². The number of methoxy groups -OCH3 is 1. The fourth-order valence-corrected chi connectivity index (χ4v) is 1.09. The van der Waals surface area contributed by atoms with Crippen LogP contribution < -0.4 is 11.3 Å². The van der Waals surface area contributed by atoms with E-state index in [1.807, 2.05) is 0 Å². The van der Waals surface area contributed by atoms with Gasteiger partial charge in [-0.3, -0.25) is 5.84 Å². The Morgan fingerprint density at radius 2 is 2.31 bits per heavy atom. The van der Waals surface area contributed by atoms with Gasteiger partial charge in [-0.25, -0.2) is 4.79 Å². The molecule has 0 aliphatic heterocycles. The number of halogens is 1. The van der Waals surface area contributed by atoms with E-state index in [2.05, 4.69) is 10.2 Å². The Hall–Kier alpha value is -1.26. The van der Waals surface area contributed by atoms with Crippen molar-refractivity contribution in [1.29, 1.82) is 0 Å². The monoisotopic (exact) mass is 200 g/mol. The standard InChI is InChI=1S/C8H9ClN2O2/c1-13-8(12)6-4-5(9)2-3-7(6)11-10/h2-4,11H,10H2,1H3. The highest BCUT2D eigenvalue weighted by Gasteiger charge is 2.11. The van der Waals surface area contributed by atoms with Crippen LogP contribution in [0.5, 0.6) is 0 Å². The van der Waals surface area contributed by atoms with Crippen LogP contribution in [-0.4, -0.2) is 13.1 Å². The van der Waals surface area contributed by atoms with E-state index in [4.69, 9.17) is 17.4 Å². The van der Waals surface area contributed by atoms with Gasteiger partial charge in [0.05, 0.1) is 18.4 Å². The molecule has 70 valence electrons. The molecular weight excluding hydrogens is 192 g/mol. The Morgan fingerprint density at radius 1 is 1.62 bits per heavy atom. The quantitative estimate of drug-likeness (QED) is 0.431. The van der Waals surface area contributed by atoms with Gasteiger partial charge in [0.1, 0.15) is 0 Å². The van der Waals surface area contributed by atoms with E-state index in [1.54, 1.807) is 12.1 Å². The van der Waals surface area contributed by atoms with Crippen molar-refractivity contribution in [2.45, 2.75) is 0 Å². The Labute approximate surface area is 80.6 Å². The Balaban J connectivity index is 3.15. The predicted molar refractivity (Wildman–Crippen MR) is 50.6 cm³/mol. The zero-order valence-corrected chi connectivity index (χ0v) is 7.76. The summed E-state index contributed by atoms with van der Waals surface area (Å²) in [4.78, 5) is 11.2. The molecule has 1 rings (SSSR count). The fraction of sp³-hybridized carbons (Fsp3) is 0.125. The van der Waals surface area contributed by atoms with E-state index in [-0.39, 0.29) is 0 Å². The normalized spacial score (nSPS) is 9.46. The Morgan fingerprint density at radius 3 is 2.85 bits per heavy atom. The predicted octanol–water partition coefficient (Wildman–Crippen LogP) is 1.41. The largest absolute Gasteiger partial charge is 0.465 e. The highest BCUT2D eigenvalue weighted by atomic mass is 35.5. The second kappa shape index (κ2) is 4.11. The van der Waals surface area contributed by atoms with E-state index in [9.17, 15) is 4.79 Å². The van der Waals surface area contributed by atoms with E-state index < -0.39 is 5.97 Å². The van der Waals surface area contributed by atoms with Crippen molar-refractivity contribution >= 4 is 23.3 Å². The summed E-state index contributed by atoms with van der Waals surface area (Å²) in [5.41, 5.74) is 3.18. The smallest absolute Gasteiger partial charge is 0.340 e. The van der Waals surface area contributed by atoms with Crippen LogP contribution in [0.2, 0.25) is 5.02 Å². The molecule has 5 heteroatoms. The number of anilines is 1. The molecule has 1 aromatic rings. The summed E-state index contributed by atoms with van der Waals surface area (Å²) in [7, 11) is 1.30. The van der Waals surface area contributed by atoms with E-state index in [1.165, 1.54) is 13.2 Å². The van der Waals surface area contributed by atoms with Crippen molar-refractivity contribution in [1.82, 2.24) is 0 Å². The highest BCUT2D eigenvalue weighted by Crippen LogP contribution is 2.20. The number of carbonyl (C=O) groups is 1. The van der Waals surface area contributed by atoms with Crippen LogP contribution in [0.1, 0.15) is 10.4 Å². The molecule has 0 saturated heterocycles. The molecule has 0 fully saturated rings. The molecule has 0 bridgehead atoms. The van der Waals surface area contributed by atoms with Crippen molar-refractivity contribution in [3.63, 3.8) is 0 Å². The first-order valence-corrected chi connectivity index (χ1v) is 3.91. The second-order valence-corrected chi connectivity index (χ2v) is 2.76. The van der Waals surface area contributed by atoms with Gasteiger partial charge in [0.25, 0.3) is 0 Å². The number of hydrazine groups is 1. The van der Waals surface area contributed by atoms with Gasteiger partial charge in [0.15, 0.2) is 0 Å². The molecule has 0 aliphatic rings. The first kappa shape index (κ1) is 9.83. The van der Waals surface area contributed by atoms with Gasteiger partial charge in [0, 0.05) is 5.02 Å². The second-order valence-electron chi connectivity index (χ2n) is 2.33. The van der Waals surface area contributed by atoms with Gasteiger partial charge in [0.2, 0.25) is 0 Å². The summed E-state index contributed by atoms with van der Waals surface area (Å²) in [6.07, 6.45) is 0. The van der Waals surface area contributed by atoms with E-state index >= 15 is 0 Å². The lowest BCUT2D eigenvalue weighted by atomic mass is 10.2. The van der Waals surface area contributed by atoms with Crippen LogP contribution in [0.3, 0.4) is 0 Å². The molecule has 1 aromatic carbocycles. The first-order chi connectivity index (χ1) is 6.19. The third-order valence-corrected chi connectivity index (χ3v) is 1.78. The first-order valence-electron chi connectivity index (χ1n) is 3.53. The zero-order valence-electron chi connectivity index (χ0n) is 7.00. The average Bonchev–Trinajstić information content (AvgIpc) is 2.16. The van der Waals surface area contributed by atoms with Crippen molar-refractivity contribution < 1.29 is 9.53 Å². The van der Waals surface area contributed by atoms with Crippen LogP contribution in [0.25, 0.3) is 0 Å². The average molecular weight is 201 g/mol. The SMILES string of the molecule is COC(=O)c1cc(Cl)ccc1NN. The number of nitrogens with two attached hydrogens (primary N) is 1. The molecule has 0 saturated carbocycles. The van der Waals surface area contributed by atoms with Crippen LogP contribution in [0.4, 0.5) is 5.69 Å². The van der Waals surface area contributed by atoms with Gasteiger partial charge in [-0.1, -0.05) is 11.6 Å². The fourth-order valence-electron chi connectivity index (χ4n) is 0.921. The molecule has 0 unspecified atom stereocenters. The lowest BCUT2D eigenvalue weighted by Gasteiger charge is -2.06. The number of nitrogens with one attached hydrogen (secondary N) is 1. The molecule has 0 spiro atoms. The number of hydrogen-bond donors (Lipinski definition) is 2. The number of carbonyl (C=O) groups excluding carboxylic acids is 1. The van der Waals surface area contributed by atoms with Gasteiger partial charge in [-0.15, -0.1) is 0 Å². The van der Waals surface area contributed by atoms with Crippen LogP contribution >= 0.6 is 11.6 Å². The topological polar surface area (TPSA) is 64.3 Å². The highest BCUT2D eigenvalue weighted by molar-refractivity contribution is 6.31. The van der Waals surface area contributed by atoms with Crippen molar-refractivity contribution in [2.24, 2.45) is 5.84 Å². The summed E-state index contributed by atoms with van der Waals surface area (Å²) in [5.74, 6) is 4.72. The molecular formula is C8H9ClN2O2. The molecule has 0 radical (unpaired) electrons. The molecule has 4 nitrogen and oxygen atoms in total. The van der Waals surface area contributed by atoms with Crippen molar-refractivity contribution in [3.8, 4) is 0 Å². The van der Waals surface area contributed by atoms with Crippen LogP contribution in [0.15, 0.2) is 18.2 Å². The van der Waals surface area contributed by atoms with Gasteiger partial charge in [-0.2, -0.15) is 0 Å². The number of ether oxygens (including phenoxy) is 1.